The van der Waals surface area contributed by atoms with Gasteiger partial charge in [-0.25, -0.2) is 0 Å². The minimum absolute atomic E-state index is 0.157. The lowest BCUT2D eigenvalue weighted by atomic mass is 10.1. The van der Waals surface area contributed by atoms with Gasteiger partial charge in [0.2, 0.25) is 11.8 Å². The monoisotopic (exact) mass is 341 g/mol. The van der Waals surface area contributed by atoms with Gasteiger partial charge >= 0.3 is 0 Å². The van der Waals surface area contributed by atoms with E-state index in [1.807, 2.05) is 12.1 Å². The van der Waals surface area contributed by atoms with Gasteiger partial charge in [-0.2, -0.15) is 0 Å². The summed E-state index contributed by atoms with van der Waals surface area (Å²) in [4.78, 5) is 26.5. The third-order valence-electron chi connectivity index (χ3n) is 3.55. The maximum absolute atomic E-state index is 12.3. The van der Waals surface area contributed by atoms with E-state index in [1.165, 1.54) is 6.92 Å². The van der Waals surface area contributed by atoms with Crippen LogP contribution in [0.3, 0.4) is 0 Å². The quantitative estimate of drug-likeness (QED) is 0.672. The Hall–Kier alpha value is -2.79. The number of fused-ring (bicyclic) bond motifs is 1. The molecule has 122 valence electrons. The number of hydrogen-bond acceptors (Lipinski definition) is 2. The molecule has 5 nitrogen and oxygen atoms in total. The van der Waals surface area contributed by atoms with Crippen LogP contribution in [-0.2, 0) is 16.0 Å². The molecule has 0 spiro atoms. The SMILES string of the molecule is CC(=O)Nc1cccc(NC(=O)Cc2c[nH]c3cccc(Cl)c23)c1. The standard InChI is InChI=1S/C18H16ClN3O2/c1-11(23)21-13-4-2-5-14(9-13)22-17(24)8-12-10-20-16-7-3-6-15(19)18(12)16/h2-7,9-10,20H,8H2,1H3,(H,21,23)(H,22,24). The lowest BCUT2D eigenvalue weighted by Crippen LogP contribution is -2.14. The van der Waals surface area contributed by atoms with E-state index in [1.54, 1.807) is 36.5 Å². The highest BCUT2D eigenvalue weighted by Gasteiger charge is 2.11. The summed E-state index contributed by atoms with van der Waals surface area (Å²) in [5, 5.41) is 6.99. The Morgan fingerprint density at radius 2 is 1.79 bits per heavy atom. The van der Waals surface area contributed by atoms with Gasteiger partial charge < -0.3 is 15.6 Å². The van der Waals surface area contributed by atoms with E-state index < -0.39 is 0 Å². The van der Waals surface area contributed by atoms with Gasteiger partial charge in [0.15, 0.2) is 0 Å². The lowest BCUT2D eigenvalue weighted by molar-refractivity contribution is -0.115. The predicted molar refractivity (Wildman–Crippen MR) is 96.4 cm³/mol. The number of aromatic nitrogens is 1. The predicted octanol–water partition coefficient (Wildman–Crippen LogP) is 3.96. The first-order valence-electron chi connectivity index (χ1n) is 7.45. The van der Waals surface area contributed by atoms with E-state index in [2.05, 4.69) is 15.6 Å². The fourth-order valence-corrected chi connectivity index (χ4v) is 2.90. The number of rotatable bonds is 4. The van der Waals surface area contributed by atoms with Gasteiger partial charge in [0, 0.05) is 35.4 Å². The Morgan fingerprint density at radius 3 is 2.54 bits per heavy atom. The number of halogens is 1. The van der Waals surface area contributed by atoms with Crippen molar-refractivity contribution in [3.63, 3.8) is 0 Å². The Kier molecular flexibility index (Phi) is 4.53. The number of hydrogen-bond donors (Lipinski definition) is 3. The maximum atomic E-state index is 12.3. The van der Waals surface area contributed by atoms with Crippen LogP contribution in [0.4, 0.5) is 11.4 Å². The van der Waals surface area contributed by atoms with Crippen molar-refractivity contribution >= 4 is 45.7 Å². The number of carbonyl (C=O) groups is 2. The largest absolute Gasteiger partial charge is 0.361 e. The zero-order valence-electron chi connectivity index (χ0n) is 13.0. The molecule has 1 heterocycles. The smallest absolute Gasteiger partial charge is 0.228 e. The van der Waals surface area contributed by atoms with Gasteiger partial charge in [0.25, 0.3) is 0 Å². The summed E-state index contributed by atoms with van der Waals surface area (Å²) in [6, 6.07) is 12.6. The summed E-state index contributed by atoms with van der Waals surface area (Å²) in [7, 11) is 0. The van der Waals surface area contributed by atoms with Crippen LogP contribution in [0.1, 0.15) is 12.5 Å². The molecule has 0 aliphatic heterocycles. The summed E-state index contributed by atoms with van der Waals surface area (Å²) >= 11 is 6.22. The number of amides is 2. The molecule has 24 heavy (non-hydrogen) atoms. The van der Waals surface area contributed by atoms with Crippen molar-refractivity contribution in [2.75, 3.05) is 10.6 Å². The van der Waals surface area contributed by atoms with Crippen LogP contribution >= 0.6 is 11.6 Å². The van der Waals surface area contributed by atoms with Gasteiger partial charge in [-0.05, 0) is 35.9 Å². The zero-order valence-corrected chi connectivity index (χ0v) is 13.8. The molecule has 3 rings (SSSR count). The van der Waals surface area contributed by atoms with Crippen molar-refractivity contribution in [2.45, 2.75) is 13.3 Å². The molecule has 0 unspecified atom stereocenters. The molecule has 0 aliphatic carbocycles. The van der Waals surface area contributed by atoms with Crippen LogP contribution in [0, 0.1) is 0 Å². The second-order valence-corrected chi connectivity index (χ2v) is 5.87. The summed E-state index contributed by atoms with van der Waals surface area (Å²) in [5.74, 6) is -0.317. The lowest BCUT2D eigenvalue weighted by Gasteiger charge is -2.08. The first kappa shape index (κ1) is 16.1. The van der Waals surface area contributed by atoms with E-state index in [4.69, 9.17) is 11.6 Å². The molecular formula is C18H16ClN3O2. The molecule has 1 aromatic heterocycles. The second-order valence-electron chi connectivity index (χ2n) is 5.46. The number of H-pyrrole nitrogens is 1. The van der Waals surface area contributed by atoms with E-state index in [-0.39, 0.29) is 18.2 Å². The van der Waals surface area contributed by atoms with Crippen LogP contribution in [0.15, 0.2) is 48.7 Å². The maximum Gasteiger partial charge on any atom is 0.228 e. The van der Waals surface area contributed by atoms with Crippen molar-refractivity contribution in [1.82, 2.24) is 4.98 Å². The number of nitrogens with one attached hydrogen (secondary N) is 3. The minimum atomic E-state index is -0.160. The molecule has 0 fully saturated rings. The zero-order chi connectivity index (χ0) is 17.1. The second kappa shape index (κ2) is 6.76. The highest BCUT2D eigenvalue weighted by Crippen LogP contribution is 2.27. The van der Waals surface area contributed by atoms with E-state index in [0.29, 0.717) is 16.4 Å². The fourth-order valence-electron chi connectivity index (χ4n) is 2.60. The Bertz CT molecular complexity index is 918. The van der Waals surface area contributed by atoms with Crippen molar-refractivity contribution in [2.24, 2.45) is 0 Å². The molecule has 2 aromatic carbocycles. The summed E-state index contributed by atoms with van der Waals surface area (Å²) in [5.41, 5.74) is 3.00. The topological polar surface area (TPSA) is 74.0 Å². The number of benzene rings is 2. The number of carbonyl (C=O) groups excluding carboxylic acids is 2. The summed E-state index contributed by atoms with van der Waals surface area (Å²) in [6.07, 6.45) is 2.00. The summed E-state index contributed by atoms with van der Waals surface area (Å²) in [6.45, 7) is 1.44. The van der Waals surface area contributed by atoms with Crippen LogP contribution in [-0.4, -0.2) is 16.8 Å². The van der Waals surface area contributed by atoms with Crippen molar-refractivity contribution in [1.29, 1.82) is 0 Å². The van der Waals surface area contributed by atoms with Crippen molar-refractivity contribution in [3.05, 3.63) is 59.2 Å². The highest BCUT2D eigenvalue weighted by atomic mass is 35.5. The molecule has 0 atom stereocenters. The van der Waals surface area contributed by atoms with Gasteiger partial charge in [0.1, 0.15) is 0 Å². The first-order valence-corrected chi connectivity index (χ1v) is 7.83. The number of anilines is 2. The first-order chi connectivity index (χ1) is 11.5. The van der Waals surface area contributed by atoms with Gasteiger partial charge in [0.05, 0.1) is 11.4 Å². The minimum Gasteiger partial charge on any atom is -0.361 e. The van der Waals surface area contributed by atoms with Crippen LogP contribution in [0.25, 0.3) is 10.9 Å². The molecule has 0 saturated heterocycles. The highest BCUT2D eigenvalue weighted by molar-refractivity contribution is 6.35. The van der Waals surface area contributed by atoms with Gasteiger partial charge in [-0.3, -0.25) is 9.59 Å². The van der Waals surface area contributed by atoms with E-state index in [9.17, 15) is 9.59 Å². The molecular weight excluding hydrogens is 326 g/mol. The molecule has 0 radical (unpaired) electrons. The van der Waals surface area contributed by atoms with Crippen LogP contribution in [0.5, 0.6) is 0 Å². The average molecular weight is 342 g/mol. The van der Waals surface area contributed by atoms with Crippen molar-refractivity contribution in [3.8, 4) is 0 Å². The number of aromatic amines is 1. The third-order valence-corrected chi connectivity index (χ3v) is 3.87. The molecule has 0 saturated carbocycles. The Balaban J connectivity index is 1.75. The molecule has 0 bridgehead atoms. The Labute approximate surface area is 144 Å². The molecule has 6 heteroatoms. The molecule has 0 aliphatic rings. The van der Waals surface area contributed by atoms with Gasteiger partial charge in [-0.15, -0.1) is 0 Å². The molecule has 3 N–H and O–H groups in total. The average Bonchev–Trinajstić information content (AvgIpc) is 2.91. The third kappa shape index (κ3) is 3.58. The van der Waals surface area contributed by atoms with Crippen LogP contribution in [0.2, 0.25) is 5.02 Å². The molecule has 3 aromatic rings. The van der Waals surface area contributed by atoms with E-state index >= 15 is 0 Å². The molecule has 2 amide bonds. The van der Waals surface area contributed by atoms with E-state index in [0.717, 1.165) is 16.5 Å². The van der Waals surface area contributed by atoms with Crippen molar-refractivity contribution < 1.29 is 9.59 Å². The van der Waals surface area contributed by atoms with Crippen LogP contribution < -0.4 is 10.6 Å². The normalized spacial score (nSPS) is 10.6. The summed E-state index contributed by atoms with van der Waals surface area (Å²) < 4.78 is 0. The fraction of sp³-hybridized carbons (Fsp3) is 0.111. The van der Waals surface area contributed by atoms with Gasteiger partial charge in [-0.1, -0.05) is 23.7 Å². The Morgan fingerprint density at radius 1 is 1.08 bits per heavy atom.